The van der Waals surface area contributed by atoms with Gasteiger partial charge in [-0.05, 0) is 24.1 Å². The van der Waals surface area contributed by atoms with Crippen LogP contribution in [0.2, 0.25) is 5.02 Å². The Balaban J connectivity index is 2.30. The van der Waals surface area contributed by atoms with Gasteiger partial charge in [0, 0.05) is 11.6 Å². The predicted molar refractivity (Wildman–Crippen MR) is 90.4 cm³/mol. The minimum Gasteiger partial charge on any atom is -0.492 e. The molecule has 0 unspecified atom stereocenters. The second kappa shape index (κ2) is 10.1. The summed E-state index contributed by atoms with van der Waals surface area (Å²) >= 11 is 5.86. The first kappa shape index (κ1) is 19.3. The molecule has 23 heavy (non-hydrogen) atoms. The molecule has 0 saturated heterocycles. The van der Waals surface area contributed by atoms with Gasteiger partial charge in [0.2, 0.25) is 11.8 Å². The molecule has 3 N–H and O–H groups in total. The summed E-state index contributed by atoms with van der Waals surface area (Å²) in [6.07, 6.45) is 0. The summed E-state index contributed by atoms with van der Waals surface area (Å²) in [5.74, 6) is 0.388. The minimum absolute atomic E-state index is 0.0740. The Kier molecular flexibility index (Phi) is 8.43. The number of primary amides is 1. The van der Waals surface area contributed by atoms with Crippen LogP contribution in [0.15, 0.2) is 24.3 Å². The number of nitrogens with one attached hydrogen (secondary N) is 1. The van der Waals surface area contributed by atoms with Crippen molar-refractivity contribution in [1.29, 1.82) is 0 Å². The highest BCUT2D eigenvalue weighted by atomic mass is 35.5. The van der Waals surface area contributed by atoms with Gasteiger partial charge < -0.3 is 15.8 Å². The van der Waals surface area contributed by atoms with Crippen LogP contribution in [0.25, 0.3) is 0 Å². The minimum atomic E-state index is -0.442. The quantitative estimate of drug-likeness (QED) is 0.628. The third-order valence-electron chi connectivity index (χ3n) is 2.86. The van der Waals surface area contributed by atoms with Crippen LogP contribution in [-0.4, -0.2) is 49.5 Å². The van der Waals surface area contributed by atoms with Crippen LogP contribution in [0.5, 0.6) is 5.75 Å². The Hall–Kier alpha value is -1.79. The van der Waals surface area contributed by atoms with Crippen molar-refractivity contribution >= 4 is 23.4 Å². The molecule has 0 spiro atoms. The molecule has 1 aromatic carbocycles. The van der Waals surface area contributed by atoms with Crippen LogP contribution in [-0.2, 0) is 9.59 Å². The standard InChI is InChI=1S/C16H24ClN3O3/c1-12(2)9-20(10-15(18)21)11-16(22)19-6-7-23-14-5-3-4-13(17)8-14/h3-5,8,12H,6-7,9-11H2,1-2H3,(H2,18,21)(H,19,22). The highest BCUT2D eigenvalue weighted by Crippen LogP contribution is 2.16. The van der Waals surface area contributed by atoms with Crippen LogP contribution in [0.3, 0.4) is 0 Å². The highest BCUT2D eigenvalue weighted by Gasteiger charge is 2.14. The van der Waals surface area contributed by atoms with E-state index in [1.165, 1.54) is 0 Å². The molecule has 0 radical (unpaired) electrons. The molecule has 1 rings (SSSR count). The molecule has 0 heterocycles. The van der Waals surface area contributed by atoms with E-state index in [1.54, 1.807) is 29.2 Å². The molecule has 0 aliphatic heterocycles. The molecule has 0 aliphatic carbocycles. The van der Waals surface area contributed by atoms with Gasteiger partial charge >= 0.3 is 0 Å². The molecule has 128 valence electrons. The average Bonchev–Trinajstić information content (AvgIpc) is 2.42. The molecule has 0 fully saturated rings. The first-order valence-corrected chi connectivity index (χ1v) is 7.90. The number of nitrogens with zero attached hydrogens (tertiary/aromatic N) is 1. The van der Waals surface area contributed by atoms with Crippen molar-refractivity contribution in [3.05, 3.63) is 29.3 Å². The Morgan fingerprint density at radius 1 is 1.35 bits per heavy atom. The van der Waals surface area contributed by atoms with E-state index in [1.807, 2.05) is 13.8 Å². The van der Waals surface area contributed by atoms with E-state index in [0.29, 0.717) is 36.4 Å². The van der Waals surface area contributed by atoms with Gasteiger partial charge in [0.05, 0.1) is 19.6 Å². The maximum absolute atomic E-state index is 11.9. The Labute approximate surface area is 141 Å². The molecular formula is C16H24ClN3O3. The maximum Gasteiger partial charge on any atom is 0.234 e. The summed E-state index contributed by atoms with van der Waals surface area (Å²) in [7, 11) is 0. The lowest BCUT2D eigenvalue weighted by atomic mass is 10.2. The third-order valence-corrected chi connectivity index (χ3v) is 3.09. The van der Waals surface area contributed by atoms with Crippen LogP contribution in [0, 0.1) is 5.92 Å². The number of benzene rings is 1. The van der Waals surface area contributed by atoms with Crippen molar-refractivity contribution in [3.8, 4) is 5.75 Å². The predicted octanol–water partition coefficient (Wildman–Crippen LogP) is 1.28. The lowest BCUT2D eigenvalue weighted by molar-refractivity contribution is -0.124. The number of rotatable bonds is 10. The fourth-order valence-corrected chi connectivity index (χ4v) is 2.28. The zero-order valence-corrected chi connectivity index (χ0v) is 14.3. The summed E-state index contributed by atoms with van der Waals surface area (Å²) < 4.78 is 5.48. The van der Waals surface area contributed by atoms with Crippen LogP contribution in [0.1, 0.15) is 13.8 Å². The number of halogens is 1. The lowest BCUT2D eigenvalue weighted by Crippen LogP contribution is -2.43. The van der Waals surface area contributed by atoms with Crippen LogP contribution < -0.4 is 15.8 Å². The van der Waals surface area contributed by atoms with E-state index < -0.39 is 5.91 Å². The largest absolute Gasteiger partial charge is 0.492 e. The Morgan fingerprint density at radius 3 is 2.70 bits per heavy atom. The van der Waals surface area contributed by atoms with Gasteiger partial charge in [-0.2, -0.15) is 0 Å². The van der Waals surface area contributed by atoms with Gasteiger partial charge in [-0.15, -0.1) is 0 Å². The maximum atomic E-state index is 11.9. The summed E-state index contributed by atoms with van der Waals surface area (Å²) in [6, 6.07) is 7.06. The second-order valence-corrected chi connectivity index (χ2v) is 6.12. The van der Waals surface area contributed by atoms with Gasteiger partial charge in [-0.3, -0.25) is 14.5 Å². The third kappa shape index (κ3) is 9.05. The number of amides is 2. The highest BCUT2D eigenvalue weighted by molar-refractivity contribution is 6.30. The normalized spacial score (nSPS) is 10.8. The van der Waals surface area contributed by atoms with Gasteiger partial charge in [-0.1, -0.05) is 31.5 Å². The topological polar surface area (TPSA) is 84.7 Å². The fourth-order valence-electron chi connectivity index (χ4n) is 2.10. The molecule has 0 atom stereocenters. The van der Waals surface area contributed by atoms with E-state index in [4.69, 9.17) is 22.1 Å². The molecule has 0 aliphatic rings. The number of hydrogen-bond donors (Lipinski definition) is 2. The van der Waals surface area contributed by atoms with Gasteiger partial charge in [0.25, 0.3) is 0 Å². The lowest BCUT2D eigenvalue weighted by Gasteiger charge is -2.22. The van der Waals surface area contributed by atoms with E-state index >= 15 is 0 Å². The Morgan fingerprint density at radius 2 is 2.09 bits per heavy atom. The summed E-state index contributed by atoms with van der Waals surface area (Å²) in [5, 5.41) is 3.35. The summed E-state index contributed by atoms with van der Waals surface area (Å²) in [6.45, 7) is 5.59. The fraction of sp³-hybridized carbons (Fsp3) is 0.500. The van der Waals surface area contributed by atoms with Gasteiger partial charge in [0.1, 0.15) is 12.4 Å². The number of carbonyl (C=O) groups is 2. The molecule has 6 nitrogen and oxygen atoms in total. The summed E-state index contributed by atoms with van der Waals surface area (Å²) in [5.41, 5.74) is 5.20. The first-order chi connectivity index (χ1) is 10.9. The van der Waals surface area contributed by atoms with E-state index in [0.717, 1.165) is 0 Å². The molecule has 1 aromatic rings. The molecular weight excluding hydrogens is 318 g/mol. The summed E-state index contributed by atoms with van der Waals surface area (Å²) in [4.78, 5) is 24.7. The molecule has 0 saturated carbocycles. The number of carbonyl (C=O) groups excluding carboxylic acids is 2. The smallest absolute Gasteiger partial charge is 0.234 e. The molecule has 7 heteroatoms. The van der Waals surface area contributed by atoms with Crippen molar-refractivity contribution in [3.63, 3.8) is 0 Å². The SMILES string of the molecule is CC(C)CN(CC(N)=O)CC(=O)NCCOc1cccc(Cl)c1. The number of nitrogens with two attached hydrogens (primary N) is 1. The number of ether oxygens (including phenoxy) is 1. The first-order valence-electron chi connectivity index (χ1n) is 7.52. The van der Waals surface area contributed by atoms with Crippen molar-refractivity contribution < 1.29 is 14.3 Å². The zero-order valence-electron chi connectivity index (χ0n) is 13.5. The van der Waals surface area contributed by atoms with Crippen LogP contribution >= 0.6 is 11.6 Å². The molecule has 0 aromatic heterocycles. The Bertz CT molecular complexity index is 523. The second-order valence-electron chi connectivity index (χ2n) is 5.69. The molecule has 0 bridgehead atoms. The van der Waals surface area contributed by atoms with E-state index in [-0.39, 0.29) is 19.0 Å². The number of hydrogen-bond acceptors (Lipinski definition) is 4. The molecule has 2 amide bonds. The van der Waals surface area contributed by atoms with Crippen molar-refractivity contribution in [1.82, 2.24) is 10.2 Å². The monoisotopic (exact) mass is 341 g/mol. The zero-order chi connectivity index (χ0) is 17.2. The van der Waals surface area contributed by atoms with Crippen molar-refractivity contribution in [2.24, 2.45) is 11.7 Å². The van der Waals surface area contributed by atoms with Gasteiger partial charge in [0.15, 0.2) is 0 Å². The van der Waals surface area contributed by atoms with E-state index in [9.17, 15) is 9.59 Å². The van der Waals surface area contributed by atoms with Crippen molar-refractivity contribution in [2.75, 3.05) is 32.8 Å². The van der Waals surface area contributed by atoms with Crippen molar-refractivity contribution in [2.45, 2.75) is 13.8 Å². The van der Waals surface area contributed by atoms with Gasteiger partial charge in [-0.25, -0.2) is 0 Å². The van der Waals surface area contributed by atoms with E-state index in [2.05, 4.69) is 5.32 Å². The van der Waals surface area contributed by atoms with Crippen LogP contribution in [0.4, 0.5) is 0 Å². The average molecular weight is 342 g/mol.